The Morgan fingerprint density at radius 2 is 1.88 bits per heavy atom. The molecular weight excluding hydrogens is 100 g/mol. The molecule has 0 rings (SSSR count). The molecule has 1 atom stereocenters. The lowest BCUT2D eigenvalue weighted by Gasteiger charge is -2.26. The molecule has 0 heterocycles. The first-order valence-corrected chi connectivity index (χ1v) is 2.94. The van der Waals surface area contributed by atoms with Crippen molar-refractivity contribution >= 4 is 0 Å². The fourth-order valence-corrected chi connectivity index (χ4v) is 0.372. The number of rotatable bonds is 2. The summed E-state index contributed by atoms with van der Waals surface area (Å²) < 4.78 is 0. The van der Waals surface area contributed by atoms with Gasteiger partial charge < -0.3 is 11.1 Å². The fraction of sp³-hybridized carbons (Fsp3) is 1.00. The average molecular weight is 116 g/mol. The molecule has 1 unspecified atom stereocenters. The van der Waals surface area contributed by atoms with E-state index in [1.165, 1.54) is 0 Å². The summed E-state index contributed by atoms with van der Waals surface area (Å²) in [6, 6.07) is 0.377. The molecule has 0 aliphatic rings. The van der Waals surface area contributed by atoms with Crippen LogP contribution in [0.2, 0.25) is 0 Å². The highest BCUT2D eigenvalue weighted by molar-refractivity contribution is 4.82. The molecule has 3 N–H and O–H groups in total. The van der Waals surface area contributed by atoms with E-state index in [-0.39, 0.29) is 5.54 Å². The molecule has 2 heteroatoms. The Balaban J connectivity index is 3.62. The van der Waals surface area contributed by atoms with Gasteiger partial charge >= 0.3 is 0 Å². The maximum absolute atomic E-state index is 5.73. The number of hydrogen-bond acceptors (Lipinski definition) is 2. The third kappa shape index (κ3) is 2.28. The average Bonchev–Trinajstić information content (AvgIpc) is 1.62. The van der Waals surface area contributed by atoms with E-state index in [4.69, 9.17) is 5.73 Å². The van der Waals surface area contributed by atoms with Crippen LogP contribution in [0.25, 0.3) is 0 Å². The fourth-order valence-electron chi connectivity index (χ4n) is 0.372. The Labute approximate surface area is 51.5 Å². The molecule has 2 nitrogen and oxygen atoms in total. The number of nitrogens with one attached hydrogen (secondary N) is 1. The molecule has 0 aromatic heterocycles. The lowest BCUT2D eigenvalue weighted by atomic mass is 9.98. The number of nitrogens with two attached hydrogens (primary N) is 1. The predicted molar refractivity (Wildman–Crippen MR) is 36.8 cm³/mol. The molecule has 0 aliphatic carbocycles. The van der Waals surface area contributed by atoms with Crippen molar-refractivity contribution in [3.63, 3.8) is 0 Å². The van der Waals surface area contributed by atoms with Crippen LogP contribution in [-0.2, 0) is 0 Å². The molecule has 0 radical (unpaired) electrons. The summed E-state index contributed by atoms with van der Waals surface area (Å²) in [6.07, 6.45) is 0. The van der Waals surface area contributed by atoms with Crippen LogP contribution in [0.5, 0.6) is 0 Å². The largest absolute Gasteiger partial charge is 0.324 e. The highest BCUT2D eigenvalue weighted by Crippen LogP contribution is 2.01. The number of hydrogen-bond donors (Lipinski definition) is 2. The Morgan fingerprint density at radius 1 is 1.50 bits per heavy atom. The Hall–Kier alpha value is -0.0800. The van der Waals surface area contributed by atoms with Crippen molar-refractivity contribution < 1.29 is 0 Å². The van der Waals surface area contributed by atoms with Gasteiger partial charge in [-0.15, -0.1) is 0 Å². The van der Waals surface area contributed by atoms with E-state index in [2.05, 4.69) is 12.2 Å². The van der Waals surface area contributed by atoms with Gasteiger partial charge in [0, 0.05) is 11.6 Å². The second-order valence-corrected chi connectivity index (χ2v) is 2.83. The first-order valence-electron chi connectivity index (χ1n) is 2.94. The van der Waals surface area contributed by atoms with E-state index in [1.807, 2.05) is 20.9 Å². The third-order valence-electron chi connectivity index (χ3n) is 1.55. The molecule has 0 aliphatic heterocycles. The van der Waals surface area contributed by atoms with E-state index in [9.17, 15) is 0 Å². The molecule has 8 heavy (non-hydrogen) atoms. The summed E-state index contributed by atoms with van der Waals surface area (Å²) in [5, 5.41) is 3.08. The zero-order valence-corrected chi connectivity index (χ0v) is 6.15. The van der Waals surface area contributed by atoms with E-state index in [0.717, 1.165) is 0 Å². The maximum Gasteiger partial charge on any atom is 0.0249 e. The number of likely N-dealkylation sites (N-methyl/N-ethyl adjacent to an activating group) is 1. The lowest BCUT2D eigenvalue weighted by Crippen LogP contribution is -2.49. The normalized spacial score (nSPS) is 16.1. The van der Waals surface area contributed by atoms with Crippen LogP contribution in [-0.4, -0.2) is 18.6 Å². The van der Waals surface area contributed by atoms with Gasteiger partial charge in [0.05, 0.1) is 0 Å². The standard InChI is InChI=1S/C6H16N2/c1-5(8-4)6(2,3)7/h5,8H,7H2,1-4H3. The zero-order valence-electron chi connectivity index (χ0n) is 6.15. The molecule has 0 saturated carbocycles. The molecular formula is C6H16N2. The van der Waals surface area contributed by atoms with Crippen molar-refractivity contribution in [1.29, 1.82) is 0 Å². The Morgan fingerprint density at radius 3 is 1.88 bits per heavy atom. The molecule has 50 valence electrons. The first-order chi connectivity index (χ1) is 3.48. The van der Waals surface area contributed by atoms with Crippen molar-refractivity contribution in [2.75, 3.05) is 7.05 Å². The maximum atomic E-state index is 5.73. The third-order valence-corrected chi connectivity index (χ3v) is 1.55. The lowest BCUT2D eigenvalue weighted by molar-refractivity contribution is 0.384. The van der Waals surface area contributed by atoms with Crippen LogP contribution in [0.3, 0.4) is 0 Å². The minimum Gasteiger partial charge on any atom is -0.324 e. The molecule has 0 amide bonds. The van der Waals surface area contributed by atoms with Crippen molar-refractivity contribution in [3.05, 3.63) is 0 Å². The molecule has 0 aromatic rings. The molecule has 0 bridgehead atoms. The van der Waals surface area contributed by atoms with Crippen LogP contribution in [0.4, 0.5) is 0 Å². The summed E-state index contributed by atoms with van der Waals surface area (Å²) in [5.41, 5.74) is 5.62. The quantitative estimate of drug-likeness (QED) is 0.545. The van der Waals surface area contributed by atoms with Gasteiger partial charge in [-0.1, -0.05) is 0 Å². The summed E-state index contributed by atoms with van der Waals surface area (Å²) in [5.74, 6) is 0. The van der Waals surface area contributed by atoms with Gasteiger partial charge in [-0.3, -0.25) is 0 Å². The van der Waals surface area contributed by atoms with Crippen molar-refractivity contribution in [2.24, 2.45) is 5.73 Å². The predicted octanol–water partition coefficient (Wildman–Crippen LogP) is 0.332. The molecule has 0 fully saturated rings. The summed E-state index contributed by atoms with van der Waals surface area (Å²) in [7, 11) is 1.92. The van der Waals surface area contributed by atoms with E-state index in [1.54, 1.807) is 0 Å². The summed E-state index contributed by atoms with van der Waals surface area (Å²) >= 11 is 0. The van der Waals surface area contributed by atoms with Crippen molar-refractivity contribution in [2.45, 2.75) is 32.4 Å². The van der Waals surface area contributed by atoms with Crippen LogP contribution in [0.15, 0.2) is 0 Å². The minimum atomic E-state index is -0.102. The summed E-state index contributed by atoms with van der Waals surface area (Å²) in [4.78, 5) is 0. The molecule has 0 saturated heterocycles. The van der Waals surface area contributed by atoms with E-state index >= 15 is 0 Å². The van der Waals surface area contributed by atoms with Gasteiger partial charge in [0.1, 0.15) is 0 Å². The highest BCUT2D eigenvalue weighted by atomic mass is 14.9. The van der Waals surface area contributed by atoms with Crippen molar-refractivity contribution in [3.8, 4) is 0 Å². The molecule has 0 spiro atoms. The van der Waals surface area contributed by atoms with Gasteiger partial charge in [-0.05, 0) is 27.8 Å². The summed E-state index contributed by atoms with van der Waals surface area (Å²) in [6.45, 7) is 6.09. The van der Waals surface area contributed by atoms with Crippen LogP contribution < -0.4 is 11.1 Å². The van der Waals surface area contributed by atoms with Crippen LogP contribution >= 0.6 is 0 Å². The van der Waals surface area contributed by atoms with Gasteiger partial charge in [-0.2, -0.15) is 0 Å². The first kappa shape index (κ1) is 7.92. The topological polar surface area (TPSA) is 38.0 Å². The molecule has 0 aromatic carbocycles. The monoisotopic (exact) mass is 116 g/mol. The smallest absolute Gasteiger partial charge is 0.0249 e. The van der Waals surface area contributed by atoms with Crippen molar-refractivity contribution in [1.82, 2.24) is 5.32 Å². The van der Waals surface area contributed by atoms with Crippen LogP contribution in [0, 0.1) is 0 Å². The van der Waals surface area contributed by atoms with Gasteiger partial charge in [-0.25, -0.2) is 0 Å². The van der Waals surface area contributed by atoms with Crippen LogP contribution in [0.1, 0.15) is 20.8 Å². The SMILES string of the molecule is CNC(C)C(C)(C)N. The van der Waals surface area contributed by atoms with E-state index in [0.29, 0.717) is 6.04 Å². The van der Waals surface area contributed by atoms with Gasteiger partial charge in [0.2, 0.25) is 0 Å². The highest BCUT2D eigenvalue weighted by Gasteiger charge is 2.17. The van der Waals surface area contributed by atoms with Gasteiger partial charge in [0.15, 0.2) is 0 Å². The van der Waals surface area contributed by atoms with Gasteiger partial charge in [0.25, 0.3) is 0 Å². The second kappa shape index (κ2) is 2.46. The zero-order chi connectivity index (χ0) is 6.78. The second-order valence-electron chi connectivity index (χ2n) is 2.83. The minimum absolute atomic E-state index is 0.102. The van der Waals surface area contributed by atoms with E-state index < -0.39 is 0 Å². The Kier molecular flexibility index (Phi) is 2.44. The Bertz CT molecular complexity index is 63.4.